The number of hydrogen-bond acceptors (Lipinski definition) is 1. The topological polar surface area (TPSA) is 20.2 Å². The molecule has 0 aromatic heterocycles. The molecule has 0 spiro atoms. The Kier molecular flexibility index (Phi) is 3.60. The van der Waals surface area contributed by atoms with Crippen LogP contribution in [0.5, 0.6) is 0 Å². The zero-order chi connectivity index (χ0) is 12.3. The van der Waals surface area contributed by atoms with Crippen molar-refractivity contribution in [3.05, 3.63) is 60.2 Å². The summed E-state index contributed by atoms with van der Waals surface area (Å²) in [4.78, 5) is 0. The Hall–Kier alpha value is -1.60. The molecule has 2 aromatic carbocycles. The zero-order valence-corrected chi connectivity index (χ0v) is 10.3. The zero-order valence-electron chi connectivity index (χ0n) is 10.3. The third kappa shape index (κ3) is 2.75. The molecule has 0 bridgehead atoms. The van der Waals surface area contributed by atoms with Gasteiger partial charge < -0.3 is 5.11 Å². The Morgan fingerprint density at radius 3 is 2.12 bits per heavy atom. The first-order valence-electron chi connectivity index (χ1n) is 6.02. The third-order valence-electron chi connectivity index (χ3n) is 2.97. The molecular formula is C16H18O. The molecule has 1 unspecified atom stereocenters. The van der Waals surface area contributed by atoms with E-state index in [4.69, 9.17) is 0 Å². The van der Waals surface area contributed by atoms with Crippen molar-refractivity contribution in [1.82, 2.24) is 0 Å². The summed E-state index contributed by atoms with van der Waals surface area (Å²) in [5.41, 5.74) is 3.33. The van der Waals surface area contributed by atoms with Gasteiger partial charge in [-0.2, -0.15) is 0 Å². The lowest BCUT2D eigenvalue weighted by Gasteiger charge is -2.15. The summed E-state index contributed by atoms with van der Waals surface area (Å²) in [6.07, 6.45) is -0.390. The summed E-state index contributed by atoms with van der Waals surface area (Å²) in [6, 6.07) is 18.4. The number of benzene rings is 2. The monoisotopic (exact) mass is 226 g/mol. The largest absolute Gasteiger partial charge is 0.388 e. The lowest BCUT2D eigenvalue weighted by atomic mass is 9.95. The molecule has 0 aliphatic heterocycles. The molecule has 0 fully saturated rings. The number of aliphatic hydroxyl groups excluding tert-OH is 1. The van der Waals surface area contributed by atoms with Gasteiger partial charge in [-0.1, -0.05) is 62.4 Å². The van der Waals surface area contributed by atoms with Crippen molar-refractivity contribution >= 4 is 0 Å². The minimum Gasteiger partial charge on any atom is -0.388 e. The van der Waals surface area contributed by atoms with Crippen LogP contribution in [-0.4, -0.2) is 5.11 Å². The average molecular weight is 226 g/mol. The van der Waals surface area contributed by atoms with Crippen LogP contribution < -0.4 is 0 Å². The molecule has 0 aliphatic carbocycles. The Morgan fingerprint density at radius 1 is 0.824 bits per heavy atom. The first kappa shape index (κ1) is 11.9. The molecule has 1 heteroatoms. The molecule has 0 heterocycles. The van der Waals surface area contributed by atoms with Crippen LogP contribution in [0.3, 0.4) is 0 Å². The predicted molar refractivity (Wildman–Crippen MR) is 71.7 cm³/mol. The van der Waals surface area contributed by atoms with Gasteiger partial charge in [0.15, 0.2) is 0 Å². The molecule has 0 aliphatic rings. The highest BCUT2D eigenvalue weighted by molar-refractivity contribution is 5.64. The van der Waals surface area contributed by atoms with Gasteiger partial charge in [0.1, 0.15) is 0 Å². The molecule has 0 amide bonds. The molecule has 17 heavy (non-hydrogen) atoms. The van der Waals surface area contributed by atoms with Crippen molar-refractivity contribution in [2.75, 3.05) is 0 Å². The standard InChI is InChI=1S/C16H18O/c1-12(2)16(17)15-10-6-9-14(11-15)13-7-4-3-5-8-13/h3-12,16-17H,1-2H3. The maximum atomic E-state index is 10.1. The van der Waals surface area contributed by atoms with E-state index in [-0.39, 0.29) is 5.92 Å². The van der Waals surface area contributed by atoms with Crippen molar-refractivity contribution < 1.29 is 5.11 Å². The maximum absolute atomic E-state index is 10.1. The quantitative estimate of drug-likeness (QED) is 0.837. The van der Waals surface area contributed by atoms with E-state index < -0.39 is 6.10 Å². The van der Waals surface area contributed by atoms with Crippen LogP contribution in [0.2, 0.25) is 0 Å². The lowest BCUT2D eigenvalue weighted by molar-refractivity contribution is 0.127. The van der Waals surface area contributed by atoms with E-state index in [1.54, 1.807) is 0 Å². The van der Waals surface area contributed by atoms with Gasteiger partial charge in [-0.3, -0.25) is 0 Å². The second kappa shape index (κ2) is 5.15. The fourth-order valence-corrected chi connectivity index (χ4v) is 1.92. The summed E-state index contributed by atoms with van der Waals surface area (Å²) in [6.45, 7) is 4.06. The molecule has 1 nitrogen and oxygen atoms in total. The first-order valence-corrected chi connectivity index (χ1v) is 6.02. The number of aliphatic hydroxyl groups is 1. The minimum atomic E-state index is -0.390. The Balaban J connectivity index is 2.35. The van der Waals surface area contributed by atoms with Crippen molar-refractivity contribution in [1.29, 1.82) is 0 Å². The fraction of sp³-hybridized carbons (Fsp3) is 0.250. The second-order valence-corrected chi connectivity index (χ2v) is 4.68. The Bertz CT molecular complexity index is 474. The van der Waals surface area contributed by atoms with Crippen LogP contribution in [0.15, 0.2) is 54.6 Å². The number of rotatable bonds is 3. The fourth-order valence-electron chi connectivity index (χ4n) is 1.92. The third-order valence-corrected chi connectivity index (χ3v) is 2.97. The summed E-state index contributed by atoms with van der Waals surface area (Å²) in [5, 5.41) is 10.1. The van der Waals surface area contributed by atoms with E-state index in [1.807, 2.05) is 44.2 Å². The van der Waals surface area contributed by atoms with Gasteiger partial charge >= 0.3 is 0 Å². The maximum Gasteiger partial charge on any atom is 0.0813 e. The average Bonchev–Trinajstić information content (AvgIpc) is 2.39. The van der Waals surface area contributed by atoms with E-state index in [1.165, 1.54) is 5.56 Å². The van der Waals surface area contributed by atoms with Gasteiger partial charge in [-0.05, 0) is 28.7 Å². The molecular weight excluding hydrogens is 208 g/mol. The van der Waals surface area contributed by atoms with E-state index >= 15 is 0 Å². The Labute approximate surface area is 103 Å². The molecule has 88 valence electrons. The highest BCUT2D eigenvalue weighted by Gasteiger charge is 2.12. The van der Waals surface area contributed by atoms with E-state index in [0.717, 1.165) is 11.1 Å². The molecule has 0 radical (unpaired) electrons. The van der Waals surface area contributed by atoms with E-state index in [9.17, 15) is 5.11 Å². The lowest BCUT2D eigenvalue weighted by Crippen LogP contribution is -2.05. The van der Waals surface area contributed by atoms with Crippen LogP contribution in [-0.2, 0) is 0 Å². The number of hydrogen-bond donors (Lipinski definition) is 1. The van der Waals surface area contributed by atoms with Crippen molar-refractivity contribution in [2.45, 2.75) is 20.0 Å². The van der Waals surface area contributed by atoms with Crippen LogP contribution in [0, 0.1) is 5.92 Å². The highest BCUT2D eigenvalue weighted by atomic mass is 16.3. The van der Waals surface area contributed by atoms with Gasteiger partial charge in [0.05, 0.1) is 6.10 Å². The summed E-state index contributed by atoms with van der Waals surface area (Å²) < 4.78 is 0. The molecule has 0 saturated heterocycles. The normalized spacial score (nSPS) is 12.7. The Morgan fingerprint density at radius 2 is 1.47 bits per heavy atom. The molecule has 1 N–H and O–H groups in total. The molecule has 0 saturated carbocycles. The van der Waals surface area contributed by atoms with Crippen molar-refractivity contribution in [3.8, 4) is 11.1 Å². The van der Waals surface area contributed by atoms with Crippen LogP contribution in [0.25, 0.3) is 11.1 Å². The van der Waals surface area contributed by atoms with Crippen LogP contribution in [0.4, 0.5) is 0 Å². The second-order valence-electron chi connectivity index (χ2n) is 4.68. The molecule has 2 aromatic rings. The predicted octanol–water partition coefficient (Wildman–Crippen LogP) is 4.04. The van der Waals surface area contributed by atoms with Gasteiger partial charge in [-0.15, -0.1) is 0 Å². The van der Waals surface area contributed by atoms with Crippen molar-refractivity contribution in [2.24, 2.45) is 5.92 Å². The van der Waals surface area contributed by atoms with Gasteiger partial charge in [0, 0.05) is 0 Å². The van der Waals surface area contributed by atoms with Crippen molar-refractivity contribution in [3.63, 3.8) is 0 Å². The minimum absolute atomic E-state index is 0.237. The highest BCUT2D eigenvalue weighted by Crippen LogP contribution is 2.26. The van der Waals surface area contributed by atoms with E-state index in [2.05, 4.69) is 24.3 Å². The smallest absolute Gasteiger partial charge is 0.0813 e. The van der Waals surface area contributed by atoms with Crippen LogP contribution in [0.1, 0.15) is 25.5 Å². The van der Waals surface area contributed by atoms with E-state index in [0.29, 0.717) is 0 Å². The summed E-state index contributed by atoms with van der Waals surface area (Å²) in [5.74, 6) is 0.237. The SMILES string of the molecule is CC(C)C(O)c1cccc(-c2ccccc2)c1. The van der Waals surface area contributed by atoms with Gasteiger partial charge in [0.2, 0.25) is 0 Å². The molecule has 2 rings (SSSR count). The molecule has 1 atom stereocenters. The van der Waals surface area contributed by atoms with Crippen LogP contribution >= 0.6 is 0 Å². The van der Waals surface area contributed by atoms with Gasteiger partial charge in [-0.25, -0.2) is 0 Å². The summed E-state index contributed by atoms with van der Waals surface area (Å²) in [7, 11) is 0. The first-order chi connectivity index (χ1) is 8.18. The summed E-state index contributed by atoms with van der Waals surface area (Å²) >= 11 is 0. The van der Waals surface area contributed by atoms with Gasteiger partial charge in [0.25, 0.3) is 0 Å².